The molecule has 6 rings (SSSR count). The lowest BCUT2D eigenvalue weighted by Gasteiger charge is -2.23. The van der Waals surface area contributed by atoms with E-state index in [4.69, 9.17) is 9.84 Å². The van der Waals surface area contributed by atoms with Crippen LogP contribution < -0.4 is 0 Å². The number of amides is 1. The Morgan fingerprint density at radius 2 is 1.76 bits per heavy atom. The molecule has 1 aliphatic rings. The summed E-state index contributed by atoms with van der Waals surface area (Å²) in [6, 6.07) is 16.5. The number of benzene rings is 3. The van der Waals surface area contributed by atoms with Crippen LogP contribution in [0.2, 0.25) is 0 Å². The van der Waals surface area contributed by atoms with Gasteiger partial charge in [0.05, 0.1) is 5.69 Å². The molecule has 1 unspecified atom stereocenters. The van der Waals surface area contributed by atoms with Crippen LogP contribution in [0, 0.1) is 11.6 Å². The minimum atomic E-state index is -0.740. The first kappa shape index (κ1) is 23.4. The standard InChI is InChI=1S/C26H19BrF2N6O2/c27-17-3-7-19(8-4-17)35-13-20(25(32-35)15-1-5-18(28)6-2-15)26-34(24(36)14-37-26)10-9-16-11-22-23(12-21(16)29)31-33-30-22/h1-8,11-13,26H,9-10,14H2,(H,30,31,33). The van der Waals surface area contributed by atoms with E-state index in [0.29, 0.717) is 33.4 Å². The molecule has 0 spiro atoms. The van der Waals surface area contributed by atoms with Crippen molar-refractivity contribution in [3.8, 4) is 16.9 Å². The third kappa shape index (κ3) is 4.51. The lowest BCUT2D eigenvalue weighted by molar-refractivity contribution is -0.128. The smallest absolute Gasteiger partial charge is 0.250 e. The largest absolute Gasteiger partial charge is 0.344 e. The summed E-state index contributed by atoms with van der Waals surface area (Å²) in [4.78, 5) is 14.4. The number of carbonyl (C=O) groups is 1. The summed E-state index contributed by atoms with van der Waals surface area (Å²) in [5.74, 6) is -0.993. The molecule has 2 aromatic heterocycles. The third-order valence-electron chi connectivity index (χ3n) is 6.29. The molecule has 1 aliphatic heterocycles. The SMILES string of the molecule is O=C1COC(c2cn(-c3ccc(Br)cc3)nc2-c2ccc(F)cc2)N1CCc1cc2n[nH]nc2cc1F. The van der Waals surface area contributed by atoms with Gasteiger partial charge in [-0.25, -0.2) is 13.5 Å². The molecular weight excluding hydrogens is 546 g/mol. The molecular formula is C26H19BrF2N6O2. The first-order valence-corrected chi connectivity index (χ1v) is 12.3. The lowest BCUT2D eigenvalue weighted by atomic mass is 10.1. The zero-order chi connectivity index (χ0) is 25.5. The van der Waals surface area contributed by atoms with Crippen molar-refractivity contribution in [3.05, 3.63) is 94.1 Å². The Morgan fingerprint density at radius 3 is 2.51 bits per heavy atom. The summed E-state index contributed by atoms with van der Waals surface area (Å²) in [6.45, 7) is 0.109. The van der Waals surface area contributed by atoms with Crippen LogP contribution in [-0.2, 0) is 16.0 Å². The van der Waals surface area contributed by atoms with Crippen molar-refractivity contribution in [2.45, 2.75) is 12.6 Å². The van der Waals surface area contributed by atoms with Crippen LogP contribution in [0.4, 0.5) is 8.78 Å². The molecule has 1 amide bonds. The van der Waals surface area contributed by atoms with Crippen molar-refractivity contribution in [2.24, 2.45) is 0 Å². The second-order valence-electron chi connectivity index (χ2n) is 8.62. The second kappa shape index (κ2) is 9.49. The quantitative estimate of drug-likeness (QED) is 0.315. The normalized spacial score (nSPS) is 15.7. The number of nitrogens with zero attached hydrogens (tertiary/aromatic N) is 5. The molecule has 1 atom stereocenters. The van der Waals surface area contributed by atoms with Crippen LogP contribution in [0.5, 0.6) is 0 Å². The molecule has 0 bridgehead atoms. The Balaban J connectivity index is 1.35. The summed E-state index contributed by atoms with van der Waals surface area (Å²) < 4.78 is 36.8. The Hall–Kier alpha value is -3.96. The fourth-order valence-electron chi connectivity index (χ4n) is 4.42. The number of ether oxygens (including phenoxy) is 1. The Kier molecular flexibility index (Phi) is 6.01. The van der Waals surface area contributed by atoms with E-state index in [1.165, 1.54) is 18.2 Å². The van der Waals surface area contributed by atoms with E-state index >= 15 is 0 Å². The van der Waals surface area contributed by atoms with Crippen LogP contribution in [-0.4, -0.2) is 49.1 Å². The van der Waals surface area contributed by atoms with Crippen molar-refractivity contribution in [1.82, 2.24) is 30.1 Å². The fourth-order valence-corrected chi connectivity index (χ4v) is 4.68. The van der Waals surface area contributed by atoms with Crippen molar-refractivity contribution >= 4 is 32.9 Å². The first-order valence-electron chi connectivity index (χ1n) is 11.5. The number of hydrogen-bond acceptors (Lipinski definition) is 5. The van der Waals surface area contributed by atoms with Gasteiger partial charge in [0.15, 0.2) is 6.23 Å². The molecule has 1 fully saturated rings. The number of halogens is 3. The highest BCUT2D eigenvalue weighted by Crippen LogP contribution is 2.35. The summed E-state index contributed by atoms with van der Waals surface area (Å²) in [5, 5.41) is 15.2. The summed E-state index contributed by atoms with van der Waals surface area (Å²) in [6.07, 6.45) is 1.32. The van der Waals surface area contributed by atoms with E-state index in [9.17, 15) is 13.6 Å². The predicted octanol–water partition coefficient (Wildman–Crippen LogP) is 4.95. The molecule has 1 N–H and O–H groups in total. The van der Waals surface area contributed by atoms with Gasteiger partial charge in [-0.3, -0.25) is 4.79 Å². The fraction of sp³-hybridized carbons (Fsp3) is 0.154. The first-order chi connectivity index (χ1) is 18.0. The van der Waals surface area contributed by atoms with E-state index in [2.05, 4.69) is 31.3 Å². The number of aromatic amines is 1. The average molecular weight is 565 g/mol. The number of carbonyl (C=O) groups excluding carboxylic acids is 1. The lowest BCUT2D eigenvalue weighted by Crippen LogP contribution is -2.31. The van der Waals surface area contributed by atoms with Crippen molar-refractivity contribution < 1.29 is 18.3 Å². The summed E-state index contributed by atoms with van der Waals surface area (Å²) >= 11 is 3.44. The van der Waals surface area contributed by atoms with Gasteiger partial charge in [0, 0.05) is 34.4 Å². The number of fused-ring (bicyclic) bond motifs is 1. The van der Waals surface area contributed by atoms with Gasteiger partial charge >= 0.3 is 0 Å². The van der Waals surface area contributed by atoms with Gasteiger partial charge in [-0.15, -0.1) is 0 Å². The average Bonchev–Trinajstić information content (AvgIpc) is 3.62. The molecule has 11 heteroatoms. The van der Waals surface area contributed by atoms with Gasteiger partial charge in [0.1, 0.15) is 35.0 Å². The molecule has 3 aromatic carbocycles. The maximum absolute atomic E-state index is 14.7. The zero-order valence-corrected chi connectivity index (χ0v) is 20.8. The van der Waals surface area contributed by atoms with E-state index < -0.39 is 12.0 Å². The van der Waals surface area contributed by atoms with E-state index in [1.807, 2.05) is 24.3 Å². The monoisotopic (exact) mass is 564 g/mol. The second-order valence-corrected chi connectivity index (χ2v) is 9.53. The highest BCUT2D eigenvalue weighted by Gasteiger charge is 2.36. The topological polar surface area (TPSA) is 88.9 Å². The van der Waals surface area contributed by atoms with Gasteiger partial charge in [0.25, 0.3) is 5.91 Å². The predicted molar refractivity (Wildman–Crippen MR) is 135 cm³/mol. The van der Waals surface area contributed by atoms with Gasteiger partial charge in [0.2, 0.25) is 0 Å². The van der Waals surface area contributed by atoms with Crippen LogP contribution in [0.15, 0.2) is 71.3 Å². The number of aromatic nitrogens is 5. The molecule has 5 aromatic rings. The molecule has 0 radical (unpaired) electrons. The molecule has 0 saturated carbocycles. The Labute approximate surface area is 218 Å². The maximum atomic E-state index is 14.7. The summed E-state index contributed by atoms with van der Waals surface area (Å²) in [5.41, 5.74) is 4.09. The number of H-pyrrole nitrogens is 1. The van der Waals surface area contributed by atoms with Gasteiger partial charge in [-0.1, -0.05) is 15.9 Å². The highest BCUT2D eigenvalue weighted by atomic mass is 79.9. The van der Waals surface area contributed by atoms with Crippen molar-refractivity contribution in [1.29, 1.82) is 0 Å². The zero-order valence-electron chi connectivity index (χ0n) is 19.2. The van der Waals surface area contributed by atoms with E-state index in [-0.39, 0.29) is 31.3 Å². The Morgan fingerprint density at radius 1 is 1.03 bits per heavy atom. The van der Waals surface area contributed by atoms with E-state index in [1.54, 1.807) is 34.0 Å². The molecule has 186 valence electrons. The highest BCUT2D eigenvalue weighted by molar-refractivity contribution is 9.10. The number of nitrogens with one attached hydrogen (secondary N) is 1. The minimum Gasteiger partial charge on any atom is -0.344 e. The summed E-state index contributed by atoms with van der Waals surface area (Å²) in [7, 11) is 0. The molecule has 3 heterocycles. The van der Waals surface area contributed by atoms with Gasteiger partial charge in [-0.05, 0) is 66.6 Å². The Bertz CT molecular complexity index is 1600. The van der Waals surface area contributed by atoms with Gasteiger partial charge in [-0.2, -0.15) is 20.5 Å². The van der Waals surface area contributed by atoms with Crippen LogP contribution in [0.3, 0.4) is 0 Å². The van der Waals surface area contributed by atoms with Crippen molar-refractivity contribution in [3.63, 3.8) is 0 Å². The molecule has 0 aliphatic carbocycles. The van der Waals surface area contributed by atoms with Crippen molar-refractivity contribution in [2.75, 3.05) is 13.2 Å². The van der Waals surface area contributed by atoms with E-state index in [0.717, 1.165) is 10.2 Å². The molecule has 1 saturated heterocycles. The van der Waals surface area contributed by atoms with Gasteiger partial charge < -0.3 is 9.64 Å². The van der Waals surface area contributed by atoms with Crippen LogP contribution in [0.1, 0.15) is 17.4 Å². The number of hydrogen-bond donors (Lipinski definition) is 1. The number of rotatable bonds is 6. The molecule has 37 heavy (non-hydrogen) atoms. The van der Waals surface area contributed by atoms with Crippen LogP contribution in [0.25, 0.3) is 28.0 Å². The van der Waals surface area contributed by atoms with Crippen LogP contribution >= 0.6 is 15.9 Å². The molecule has 8 nitrogen and oxygen atoms in total. The maximum Gasteiger partial charge on any atom is 0.250 e. The third-order valence-corrected chi connectivity index (χ3v) is 6.82. The minimum absolute atomic E-state index is 0.109.